The normalized spacial score (nSPS) is 12.0. The highest BCUT2D eigenvalue weighted by Gasteiger charge is 1.93. The zero-order valence-corrected chi connectivity index (χ0v) is 8.34. The van der Waals surface area contributed by atoms with E-state index in [-0.39, 0.29) is 0 Å². The first-order valence-electron chi connectivity index (χ1n) is 4.47. The molecule has 2 N–H and O–H groups in total. The van der Waals surface area contributed by atoms with Crippen molar-refractivity contribution < 1.29 is 4.79 Å². The van der Waals surface area contributed by atoms with Gasteiger partial charge in [0.15, 0.2) is 0 Å². The van der Waals surface area contributed by atoms with E-state index in [4.69, 9.17) is 0 Å². The third-order valence-corrected chi connectivity index (χ3v) is 1.60. The van der Waals surface area contributed by atoms with Crippen LogP contribution in [0.4, 0.5) is 0 Å². The number of rotatable bonds is 7. The molecule has 0 aliphatic heterocycles. The number of hydrogen-bond acceptors (Lipinski definition) is 2. The molecular formula is C10H18N2O. The predicted octanol–water partition coefficient (Wildman–Crippen LogP) is 0.844. The summed E-state index contributed by atoms with van der Waals surface area (Å²) in [6.07, 6.45) is 7.69. The first-order chi connectivity index (χ1) is 6.35. The van der Waals surface area contributed by atoms with Crippen LogP contribution in [0, 0.1) is 0 Å². The second-order valence-electron chi connectivity index (χ2n) is 2.70. The fourth-order valence-electron chi connectivity index (χ4n) is 0.982. The molecule has 0 aliphatic rings. The van der Waals surface area contributed by atoms with Crippen LogP contribution < -0.4 is 10.6 Å². The lowest BCUT2D eigenvalue weighted by molar-refractivity contribution is -0.109. The molecule has 0 saturated heterocycles. The minimum Gasteiger partial charge on any atom is -0.358 e. The van der Waals surface area contributed by atoms with E-state index in [0.29, 0.717) is 6.54 Å². The van der Waals surface area contributed by atoms with E-state index < -0.39 is 0 Å². The lowest BCUT2D eigenvalue weighted by Crippen LogP contribution is -2.17. The molecule has 0 fully saturated rings. The molecule has 3 heteroatoms. The van der Waals surface area contributed by atoms with Gasteiger partial charge in [-0.25, -0.2) is 0 Å². The molecule has 13 heavy (non-hydrogen) atoms. The zero-order chi connectivity index (χ0) is 9.94. The third-order valence-electron chi connectivity index (χ3n) is 1.60. The molecule has 0 spiro atoms. The minimum absolute atomic E-state index is 0.703. The van der Waals surface area contributed by atoms with E-state index in [1.165, 1.54) is 5.57 Å². The van der Waals surface area contributed by atoms with Gasteiger partial charge in [-0.2, -0.15) is 0 Å². The summed E-state index contributed by atoms with van der Waals surface area (Å²) in [6, 6.07) is 0. The SMILES string of the molecule is C/C=C\C=C(\CCNC=O)CNC. The van der Waals surface area contributed by atoms with Gasteiger partial charge in [0.2, 0.25) is 6.41 Å². The summed E-state index contributed by atoms with van der Waals surface area (Å²) in [5.41, 5.74) is 1.29. The quantitative estimate of drug-likeness (QED) is 0.348. The van der Waals surface area contributed by atoms with Gasteiger partial charge < -0.3 is 10.6 Å². The Balaban J connectivity index is 3.85. The first-order valence-corrected chi connectivity index (χ1v) is 4.47. The van der Waals surface area contributed by atoms with Crippen molar-refractivity contribution in [1.82, 2.24) is 10.6 Å². The topological polar surface area (TPSA) is 41.1 Å². The molecule has 1 amide bonds. The van der Waals surface area contributed by atoms with E-state index in [1.807, 2.05) is 26.1 Å². The van der Waals surface area contributed by atoms with Gasteiger partial charge in [0.05, 0.1) is 0 Å². The molecule has 74 valence electrons. The zero-order valence-electron chi connectivity index (χ0n) is 8.34. The van der Waals surface area contributed by atoms with Crippen molar-refractivity contribution >= 4 is 6.41 Å². The van der Waals surface area contributed by atoms with Gasteiger partial charge in [0.25, 0.3) is 0 Å². The summed E-state index contributed by atoms with van der Waals surface area (Å²) in [7, 11) is 1.91. The maximum absolute atomic E-state index is 10.00. The first kappa shape index (κ1) is 11.9. The van der Waals surface area contributed by atoms with Crippen molar-refractivity contribution in [2.75, 3.05) is 20.1 Å². The predicted molar refractivity (Wildman–Crippen MR) is 55.5 cm³/mol. The molecule has 0 heterocycles. The maximum atomic E-state index is 10.00. The van der Waals surface area contributed by atoms with Crippen LogP contribution >= 0.6 is 0 Å². The Labute approximate surface area is 79.9 Å². The average Bonchev–Trinajstić information content (AvgIpc) is 2.14. The van der Waals surface area contributed by atoms with Crippen LogP contribution in [0.25, 0.3) is 0 Å². The molecule has 0 radical (unpaired) electrons. The van der Waals surface area contributed by atoms with Gasteiger partial charge in [-0.1, -0.05) is 23.8 Å². The van der Waals surface area contributed by atoms with Gasteiger partial charge in [-0.05, 0) is 20.4 Å². The van der Waals surface area contributed by atoms with Gasteiger partial charge in [-0.3, -0.25) is 4.79 Å². The summed E-state index contributed by atoms with van der Waals surface area (Å²) in [5, 5.41) is 5.73. The summed E-state index contributed by atoms with van der Waals surface area (Å²) in [6.45, 7) is 3.55. The molecule has 0 saturated carbocycles. The van der Waals surface area contributed by atoms with Crippen molar-refractivity contribution in [3.63, 3.8) is 0 Å². The van der Waals surface area contributed by atoms with Crippen LogP contribution in [0.2, 0.25) is 0 Å². The lowest BCUT2D eigenvalue weighted by Gasteiger charge is -2.04. The second-order valence-corrected chi connectivity index (χ2v) is 2.70. The van der Waals surface area contributed by atoms with E-state index in [9.17, 15) is 4.79 Å². The number of likely N-dealkylation sites (N-methyl/N-ethyl adjacent to an activating group) is 1. The fourth-order valence-corrected chi connectivity index (χ4v) is 0.982. The molecule has 0 atom stereocenters. The molecule has 3 nitrogen and oxygen atoms in total. The Kier molecular flexibility index (Phi) is 8.25. The fraction of sp³-hybridized carbons (Fsp3) is 0.500. The highest BCUT2D eigenvalue weighted by molar-refractivity contribution is 5.45. The van der Waals surface area contributed by atoms with Crippen LogP contribution in [-0.2, 0) is 4.79 Å². The minimum atomic E-state index is 0.703. The van der Waals surface area contributed by atoms with Gasteiger partial charge in [0.1, 0.15) is 0 Å². The Bertz CT molecular complexity index is 185. The highest BCUT2D eigenvalue weighted by atomic mass is 16.1. The third kappa shape index (κ3) is 7.28. The molecular weight excluding hydrogens is 164 g/mol. The van der Waals surface area contributed by atoms with Crippen molar-refractivity contribution in [1.29, 1.82) is 0 Å². The van der Waals surface area contributed by atoms with Crippen molar-refractivity contribution in [3.8, 4) is 0 Å². The summed E-state index contributed by atoms with van der Waals surface area (Å²) >= 11 is 0. The van der Waals surface area contributed by atoms with Crippen molar-refractivity contribution in [3.05, 3.63) is 23.8 Å². The standard InChI is InChI=1S/C10H18N2O/c1-3-4-5-10(8-11-2)6-7-12-9-13/h3-5,9,11H,6-8H2,1-2H3,(H,12,13)/b4-3-,10-5-. The van der Waals surface area contributed by atoms with Crippen LogP contribution in [0.15, 0.2) is 23.8 Å². The number of allylic oxidation sites excluding steroid dienone is 3. The van der Waals surface area contributed by atoms with Gasteiger partial charge >= 0.3 is 0 Å². The van der Waals surface area contributed by atoms with Crippen LogP contribution in [-0.4, -0.2) is 26.5 Å². The number of hydrogen-bond donors (Lipinski definition) is 2. The van der Waals surface area contributed by atoms with E-state index >= 15 is 0 Å². The van der Waals surface area contributed by atoms with E-state index in [0.717, 1.165) is 19.4 Å². The Morgan fingerprint density at radius 2 is 2.23 bits per heavy atom. The van der Waals surface area contributed by atoms with Gasteiger partial charge in [-0.15, -0.1) is 0 Å². The monoisotopic (exact) mass is 182 g/mol. The molecule has 0 aromatic rings. The van der Waals surface area contributed by atoms with Crippen molar-refractivity contribution in [2.24, 2.45) is 0 Å². The average molecular weight is 182 g/mol. The molecule has 0 aliphatic carbocycles. The molecule has 0 unspecified atom stereocenters. The molecule has 0 bridgehead atoms. The summed E-state index contributed by atoms with van der Waals surface area (Å²) in [5.74, 6) is 0. The molecule has 0 aromatic carbocycles. The van der Waals surface area contributed by atoms with Gasteiger partial charge in [0, 0.05) is 13.1 Å². The lowest BCUT2D eigenvalue weighted by atomic mass is 10.1. The summed E-state index contributed by atoms with van der Waals surface area (Å²) in [4.78, 5) is 10.00. The number of carbonyl (C=O) groups excluding carboxylic acids is 1. The Morgan fingerprint density at radius 1 is 1.46 bits per heavy atom. The summed E-state index contributed by atoms with van der Waals surface area (Å²) < 4.78 is 0. The largest absolute Gasteiger partial charge is 0.358 e. The van der Waals surface area contributed by atoms with Crippen LogP contribution in [0.5, 0.6) is 0 Å². The smallest absolute Gasteiger partial charge is 0.207 e. The highest BCUT2D eigenvalue weighted by Crippen LogP contribution is 1.98. The maximum Gasteiger partial charge on any atom is 0.207 e. The van der Waals surface area contributed by atoms with Crippen LogP contribution in [0.1, 0.15) is 13.3 Å². The Hall–Kier alpha value is -1.09. The number of carbonyl (C=O) groups is 1. The molecule has 0 rings (SSSR count). The van der Waals surface area contributed by atoms with E-state index in [1.54, 1.807) is 0 Å². The van der Waals surface area contributed by atoms with E-state index in [2.05, 4.69) is 16.7 Å². The molecule has 0 aromatic heterocycles. The Morgan fingerprint density at radius 3 is 2.77 bits per heavy atom. The number of nitrogens with one attached hydrogen (secondary N) is 2. The number of amides is 1. The van der Waals surface area contributed by atoms with Crippen molar-refractivity contribution in [2.45, 2.75) is 13.3 Å². The second kappa shape index (κ2) is 9.00. The van der Waals surface area contributed by atoms with Crippen LogP contribution in [0.3, 0.4) is 0 Å².